The number of aliphatic hydroxyl groups excluding tert-OH is 1. The van der Waals surface area contributed by atoms with Crippen molar-refractivity contribution in [3.05, 3.63) is 66.2 Å². The van der Waals surface area contributed by atoms with Crippen molar-refractivity contribution in [1.29, 1.82) is 0 Å². The van der Waals surface area contributed by atoms with E-state index in [9.17, 15) is 32.7 Å². The Hall–Kier alpha value is -3.89. The maximum atomic E-state index is 13.0. The summed E-state index contributed by atoms with van der Waals surface area (Å²) in [5.41, 5.74) is 0.791. The summed E-state index contributed by atoms with van der Waals surface area (Å²) in [5, 5.41) is 16.3. The normalized spacial score (nSPS) is 22.6. The zero-order chi connectivity index (χ0) is 33.9. The molecule has 3 N–H and O–H groups in total. The molecule has 252 valence electrons. The Balaban J connectivity index is 1.66. The van der Waals surface area contributed by atoms with Crippen molar-refractivity contribution < 1.29 is 56.4 Å². The number of esters is 2. The predicted molar refractivity (Wildman–Crippen MR) is 162 cm³/mol. The van der Waals surface area contributed by atoms with Gasteiger partial charge in [-0.05, 0) is 31.5 Å². The highest BCUT2D eigenvalue weighted by Crippen LogP contribution is 2.27. The van der Waals surface area contributed by atoms with Crippen molar-refractivity contribution in [2.45, 2.75) is 82.0 Å². The number of carbonyl (C=O) groups is 4. The molecule has 2 aromatic carbocycles. The molecule has 0 saturated carbocycles. The SMILES string of the molecule is CC(=O)N[C@H]1[C@@H](OCc2ccccc2)O[C@H](COC(C)=O)[C@@H](O)[C@@H]1O[C@H](C)C(=O)N[C@@H](C)C(=O)OCCS(=O)(=O)c1ccccc1. The van der Waals surface area contributed by atoms with Crippen molar-refractivity contribution in [2.24, 2.45) is 0 Å². The summed E-state index contributed by atoms with van der Waals surface area (Å²) < 4.78 is 52.8. The fourth-order valence-corrected chi connectivity index (χ4v) is 5.62. The number of aliphatic hydroxyl groups is 1. The van der Waals surface area contributed by atoms with Crippen LogP contribution in [0.4, 0.5) is 0 Å². The molecule has 3 rings (SSSR count). The summed E-state index contributed by atoms with van der Waals surface area (Å²) in [4.78, 5) is 49.3. The smallest absolute Gasteiger partial charge is 0.328 e. The standard InChI is InChI=1S/C31H40N2O12S/c1-19(30(38)41-15-16-46(39,40)24-13-9-6-10-14-24)32-29(37)20(2)44-28-26(33-21(3)34)31(43-17-23-11-7-5-8-12-23)45-25(27(28)36)18-42-22(4)35/h5-14,19-20,25-28,31,36H,15-18H2,1-4H3,(H,32,37)(H,33,34)/t19-,20+,25+,26+,27+,28+,31-/m0/s1. The van der Waals surface area contributed by atoms with Crippen LogP contribution in [0.2, 0.25) is 0 Å². The van der Waals surface area contributed by atoms with E-state index < -0.39 is 88.7 Å². The zero-order valence-electron chi connectivity index (χ0n) is 26.0. The predicted octanol–water partition coefficient (Wildman–Crippen LogP) is 0.652. The van der Waals surface area contributed by atoms with Gasteiger partial charge < -0.3 is 39.4 Å². The number of rotatable bonds is 15. The van der Waals surface area contributed by atoms with Gasteiger partial charge in [0.1, 0.15) is 49.7 Å². The van der Waals surface area contributed by atoms with Crippen LogP contribution in [0.1, 0.15) is 33.3 Å². The van der Waals surface area contributed by atoms with Gasteiger partial charge in [0.05, 0.1) is 17.3 Å². The molecule has 1 aliphatic rings. The van der Waals surface area contributed by atoms with Crippen molar-refractivity contribution in [1.82, 2.24) is 10.6 Å². The van der Waals surface area contributed by atoms with E-state index in [2.05, 4.69) is 10.6 Å². The molecule has 2 aromatic rings. The van der Waals surface area contributed by atoms with Gasteiger partial charge in [-0.3, -0.25) is 14.4 Å². The Labute approximate surface area is 267 Å². The van der Waals surface area contributed by atoms with Gasteiger partial charge in [0.15, 0.2) is 16.1 Å². The fraction of sp³-hybridized carbons (Fsp3) is 0.484. The topological polar surface area (TPSA) is 193 Å². The molecule has 0 unspecified atom stereocenters. The van der Waals surface area contributed by atoms with E-state index in [0.29, 0.717) is 0 Å². The average Bonchev–Trinajstić information content (AvgIpc) is 3.02. The van der Waals surface area contributed by atoms with E-state index in [-0.39, 0.29) is 18.1 Å². The average molecular weight is 665 g/mol. The second-order valence-electron chi connectivity index (χ2n) is 10.6. The van der Waals surface area contributed by atoms with E-state index in [1.165, 1.54) is 39.8 Å². The third kappa shape index (κ3) is 10.9. The molecular weight excluding hydrogens is 624 g/mol. The molecule has 1 saturated heterocycles. The van der Waals surface area contributed by atoms with E-state index >= 15 is 0 Å². The molecule has 0 aromatic heterocycles. The Morgan fingerprint density at radius 2 is 1.59 bits per heavy atom. The van der Waals surface area contributed by atoms with Crippen molar-refractivity contribution in [3.8, 4) is 0 Å². The van der Waals surface area contributed by atoms with Crippen LogP contribution < -0.4 is 10.6 Å². The van der Waals surface area contributed by atoms with Crippen molar-refractivity contribution in [3.63, 3.8) is 0 Å². The number of sulfone groups is 1. The largest absolute Gasteiger partial charge is 0.463 e. The number of hydrogen-bond donors (Lipinski definition) is 3. The van der Waals surface area contributed by atoms with E-state index in [1.807, 2.05) is 30.3 Å². The minimum absolute atomic E-state index is 0.0625. The Kier molecular flexibility index (Phi) is 13.6. The monoisotopic (exact) mass is 664 g/mol. The van der Waals surface area contributed by atoms with Gasteiger partial charge >= 0.3 is 11.9 Å². The summed E-state index contributed by atoms with van der Waals surface area (Å²) >= 11 is 0. The van der Waals surface area contributed by atoms with Crippen LogP contribution in [0.25, 0.3) is 0 Å². The van der Waals surface area contributed by atoms with Crippen LogP contribution in [-0.2, 0) is 59.3 Å². The summed E-state index contributed by atoms with van der Waals surface area (Å²) in [6.45, 7) is 4.43. The molecule has 14 nitrogen and oxygen atoms in total. The second-order valence-corrected chi connectivity index (χ2v) is 12.7. The number of hydrogen-bond acceptors (Lipinski definition) is 12. The van der Waals surface area contributed by atoms with E-state index in [1.54, 1.807) is 18.2 Å². The minimum Gasteiger partial charge on any atom is -0.463 e. The highest BCUT2D eigenvalue weighted by Gasteiger charge is 2.48. The van der Waals surface area contributed by atoms with Crippen molar-refractivity contribution in [2.75, 3.05) is 19.0 Å². The third-order valence-corrected chi connectivity index (χ3v) is 8.59. The fourth-order valence-electron chi connectivity index (χ4n) is 4.51. The summed E-state index contributed by atoms with van der Waals surface area (Å²) in [5.74, 6) is -3.20. The number of ether oxygens (including phenoxy) is 5. The lowest BCUT2D eigenvalue weighted by Gasteiger charge is -2.45. The number of nitrogens with one attached hydrogen (secondary N) is 2. The van der Waals surface area contributed by atoms with Crippen LogP contribution in [0.3, 0.4) is 0 Å². The zero-order valence-corrected chi connectivity index (χ0v) is 26.8. The number of amides is 2. The van der Waals surface area contributed by atoms with Crippen LogP contribution in [0.15, 0.2) is 65.6 Å². The number of carbonyl (C=O) groups excluding carboxylic acids is 4. The van der Waals surface area contributed by atoms with Crippen molar-refractivity contribution >= 4 is 33.6 Å². The molecule has 1 heterocycles. The quantitative estimate of drug-likeness (QED) is 0.226. The first-order chi connectivity index (χ1) is 21.8. The van der Waals surface area contributed by atoms with Gasteiger partial charge in [0.25, 0.3) is 0 Å². The second kappa shape index (κ2) is 17.1. The highest BCUT2D eigenvalue weighted by atomic mass is 32.2. The Bertz CT molecular complexity index is 1420. The van der Waals surface area contributed by atoms with Gasteiger partial charge in [-0.1, -0.05) is 48.5 Å². The Morgan fingerprint density at radius 3 is 2.20 bits per heavy atom. The van der Waals surface area contributed by atoms with Crippen LogP contribution in [0.5, 0.6) is 0 Å². The summed E-state index contributed by atoms with van der Waals surface area (Å²) in [6, 6.07) is 14.5. The maximum absolute atomic E-state index is 13.0. The lowest BCUT2D eigenvalue weighted by molar-refractivity contribution is -0.284. The van der Waals surface area contributed by atoms with Crippen LogP contribution in [-0.4, -0.2) is 99.0 Å². The third-order valence-electron chi connectivity index (χ3n) is 6.89. The molecule has 0 aliphatic carbocycles. The van der Waals surface area contributed by atoms with E-state index in [4.69, 9.17) is 23.7 Å². The van der Waals surface area contributed by atoms with Gasteiger partial charge in [-0.25, -0.2) is 13.2 Å². The van der Waals surface area contributed by atoms with Gasteiger partial charge in [0.2, 0.25) is 11.8 Å². The number of benzene rings is 2. The minimum atomic E-state index is -3.68. The van der Waals surface area contributed by atoms with Crippen LogP contribution in [0, 0.1) is 0 Å². The molecule has 1 fully saturated rings. The lowest BCUT2D eigenvalue weighted by Crippen LogP contribution is -2.66. The summed E-state index contributed by atoms with van der Waals surface area (Å²) in [6.07, 6.45) is -6.39. The molecule has 1 aliphatic heterocycles. The van der Waals surface area contributed by atoms with E-state index in [0.717, 1.165) is 5.56 Å². The molecule has 0 bridgehead atoms. The van der Waals surface area contributed by atoms with Gasteiger partial charge in [0, 0.05) is 13.8 Å². The first kappa shape index (κ1) is 36.6. The molecule has 0 spiro atoms. The Morgan fingerprint density at radius 1 is 0.957 bits per heavy atom. The molecule has 46 heavy (non-hydrogen) atoms. The molecule has 0 radical (unpaired) electrons. The highest BCUT2D eigenvalue weighted by molar-refractivity contribution is 7.91. The van der Waals surface area contributed by atoms with Crippen LogP contribution >= 0.6 is 0 Å². The summed E-state index contributed by atoms with van der Waals surface area (Å²) in [7, 11) is -3.68. The van der Waals surface area contributed by atoms with Gasteiger partial charge in [-0.2, -0.15) is 0 Å². The molecule has 15 heteroatoms. The van der Waals surface area contributed by atoms with Gasteiger partial charge in [-0.15, -0.1) is 0 Å². The maximum Gasteiger partial charge on any atom is 0.328 e. The first-order valence-corrected chi connectivity index (χ1v) is 16.2. The molecular formula is C31H40N2O12S. The molecule has 7 atom stereocenters. The first-order valence-electron chi connectivity index (χ1n) is 14.6. The molecule has 2 amide bonds. The lowest BCUT2D eigenvalue weighted by atomic mass is 9.96.